The van der Waals surface area contributed by atoms with Crippen molar-refractivity contribution in [2.75, 3.05) is 23.7 Å². The number of benzene rings is 1. The van der Waals surface area contributed by atoms with Crippen LogP contribution < -0.4 is 10.6 Å². The molecule has 162 valence electrons. The molecule has 1 aliphatic heterocycles. The molecule has 0 unspecified atom stereocenters. The number of carbonyl (C=O) groups is 2. The average molecular weight is 439 g/mol. The molecule has 1 aromatic carbocycles. The summed E-state index contributed by atoms with van der Waals surface area (Å²) in [5.74, 6) is -0.264. The van der Waals surface area contributed by atoms with Crippen LogP contribution in [0, 0.1) is 0 Å². The van der Waals surface area contributed by atoms with Gasteiger partial charge in [0.05, 0.1) is 24.1 Å². The van der Waals surface area contributed by atoms with E-state index in [1.54, 1.807) is 6.07 Å². The fourth-order valence-corrected chi connectivity index (χ4v) is 4.58. The van der Waals surface area contributed by atoms with Crippen molar-refractivity contribution in [2.45, 2.75) is 39.2 Å². The number of furan rings is 1. The second kappa shape index (κ2) is 9.89. The van der Waals surface area contributed by atoms with Gasteiger partial charge in [-0.3, -0.25) is 19.8 Å². The fourth-order valence-electron chi connectivity index (χ4n) is 3.54. The zero-order chi connectivity index (χ0) is 21.6. The number of anilines is 2. The SMILES string of the molecule is CCCCc1ccc(NC(=O)CN2CCc3nc(NC(=O)c4ccoc4)sc3C2)cc1. The topological polar surface area (TPSA) is 87.5 Å². The van der Waals surface area contributed by atoms with Gasteiger partial charge in [-0.2, -0.15) is 0 Å². The van der Waals surface area contributed by atoms with E-state index >= 15 is 0 Å². The number of aryl methyl sites for hydroxylation is 1. The highest BCUT2D eigenvalue weighted by Crippen LogP contribution is 2.28. The first-order valence-corrected chi connectivity index (χ1v) is 11.4. The van der Waals surface area contributed by atoms with Crippen molar-refractivity contribution in [3.05, 3.63) is 64.6 Å². The Morgan fingerprint density at radius 3 is 2.77 bits per heavy atom. The van der Waals surface area contributed by atoms with E-state index in [9.17, 15) is 9.59 Å². The predicted molar refractivity (Wildman–Crippen MR) is 121 cm³/mol. The minimum Gasteiger partial charge on any atom is -0.472 e. The summed E-state index contributed by atoms with van der Waals surface area (Å²) >= 11 is 1.46. The second-order valence-corrected chi connectivity index (χ2v) is 8.75. The van der Waals surface area contributed by atoms with Crippen LogP contribution >= 0.6 is 11.3 Å². The molecule has 4 rings (SSSR count). The summed E-state index contributed by atoms with van der Waals surface area (Å²) in [6.07, 6.45) is 7.05. The molecule has 0 atom stereocenters. The Hall–Kier alpha value is -2.97. The van der Waals surface area contributed by atoms with Gasteiger partial charge in [0.1, 0.15) is 6.26 Å². The first-order valence-electron chi connectivity index (χ1n) is 10.5. The second-order valence-electron chi connectivity index (χ2n) is 7.66. The van der Waals surface area contributed by atoms with Gasteiger partial charge in [-0.05, 0) is 36.6 Å². The molecule has 3 heterocycles. The molecule has 0 saturated heterocycles. The Balaban J connectivity index is 1.29. The van der Waals surface area contributed by atoms with Gasteiger partial charge in [0.2, 0.25) is 5.91 Å². The summed E-state index contributed by atoms with van der Waals surface area (Å²) in [4.78, 5) is 32.4. The lowest BCUT2D eigenvalue weighted by Crippen LogP contribution is -2.36. The van der Waals surface area contributed by atoms with Crippen LogP contribution in [-0.2, 0) is 24.2 Å². The maximum absolute atomic E-state index is 12.5. The summed E-state index contributed by atoms with van der Waals surface area (Å²) in [7, 11) is 0. The number of amides is 2. The Bertz CT molecular complexity index is 1030. The smallest absolute Gasteiger partial charge is 0.260 e. The van der Waals surface area contributed by atoms with Gasteiger partial charge >= 0.3 is 0 Å². The average Bonchev–Trinajstić information content (AvgIpc) is 3.42. The maximum Gasteiger partial charge on any atom is 0.260 e. The first-order chi connectivity index (χ1) is 15.1. The van der Waals surface area contributed by atoms with Crippen molar-refractivity contribution in [3.63, 3.8) is 0 Å². The largest absolute Gasteiger partial charge is 0.472 e. The molecule has 2 N–H and O–H groups in total. The molecular formula is C23H26N4O3S. The quantitative estimate of drug-likeness (QED) is 0.547. The van der Waals surface area contributed by atoms with Gasteiger partial charge in [0.25, 0.3) is 5.91 Å². The van der Waals surface area contributed by atoms with Crippen molar-refractivity contribution in [3.8, 4) is 0 Å². The molecule has 0 saturated carbocycles. The van der Waals surface area contributed by atoms with Crippen molar-refractivity contribution >= 4 is 34.0 Å². The molecule has 0 aliphatic carbocycles. The third kappa shape index (κ3) is 5.59. The van der Waals surface area contributed by atoms with E-state index in [0.717, 1.165) is 35.6 Å². The lowest BCUT2D eigenvalue weighted by Gasteiger charge is -2.25. The fraction of sp³-hybridized carbons (Fsp3) is 0.348. The van der Waals surface area contributed by atoms with Crippen LogP contribution in [-0.4, -0.2) is 34.8 Å². The number of carbonyl (C=O) groups excluding carboxylic acids is 2. The molecule has 2 amide bonds. The molecule has 8 heteroatoms. The molecule has 1 aliphatic rings. The van der Waals surface area contributed by atoms with E-state index in [4.69, 9.17) is 4.42 Å². The number of fused-ring (bicyclic) bond motifs is 1. The van der Waals surface area contributed by atoms with E-state index < -0.39 is 0 Å². The monoisotopic (exact) mass is 438 g/mol. The van der Waals surface area contributed by atoms with E-state index in [1.165, 1.54) is 42.3 Å². The number of nitrogens with zero attached hydrogens (tertiary/aromatic N) is 2. The van der Waals surface area contributed by atoms with E-state index in [0.29, 0.717) is 23.8 Å². The zero-order valence-corrected chi connectivity index (χ0v) is 18.3. The standard InChI is InChI=1S/C23H26N4O3S/c1-2-3-4-16-5-7-18(8-6-16)24-21(28)14-27-11-9-19-20(13-27)31-23(25-19)26-22(29)17-10-12-30-15-17/h5-8,10,12,15H,2-4,9,11,13-14H2,1H3,(H,24,28)(H,25,26,29). The number of hydrogen-bond acceptors (Lipinski definition) is 6. The highest BCUT2D eigenvalue weighted by Gasteiger charge is 2.23. The van der Waals surface area contributed by atoms with Crippen LogP contribution in [0.1, 0.15) is 46.3 Å². The van der Waals surface area contributed by atoms with E-state index in [-0.39, 0.29) is 11.8 Å². The third-order valence-electron chi connectivity index (χ3n) is 5.24. The number of hydrogen-bond donors (Lipinski definition) is 2. The molecular weight excluding hydrogens is 412 g/mol. The minimum atomic E-state index is -0.239. The molecule has 0 fully saturated rings. The summed E-state index contributed by atoms with van der Waals surface area (Å²) in [6, 6.07) is 9.71. The minimum absolute atomic E-state index is 0.0252. The lowest BCUT2D eigenvalue weighted by atomic mass is 10.1. The Kier molecular flexibility index (Phi) is 6.79. The normalized spacial score (nSPS) is 13.6. The number of unbranched alkanes of at least 4 members (excludes halogenated alkanes) is 1. The van der Waals surface area contributed by atoms with Crippen molar-refractivity contribution in [1.82, 2.24) is 9.88 Å². The summed E-state index contributed by atoms with van der Waals surface area (Å²) in [5, 5.41) is 6.38. The van der Waals surface area contributed by atoms with Crippen LogP contribution in [0.15, 0.2) is 47.3 Å². The molecule has 7 nitrogen and oxygen atoms in total. The summed E-state index contributed by atoms with van der Waals surface area (Å²) < 4.78 is 4.95. The van der Waals surface area contributed by atoms with Gasteiger partial charge in [-0.1, -0.05) is 25.5 Å². The Morgan fingerprint density at radius 2 is 2.03 bits per heavy atom. The Labute approximate surface area is 185 Å². The van der Waals surface area contributed by atoms with Gasteiger partial charge in [0.15, 0.2) is 5.13 Å². The highest BCUT2D eigenvalue weighted by molar-refractivity contribution is 7.15. The zero-order valence-electron chi connectivity index (χ0n) is 17.5. The number of aromatic nitrogens is 1. The highest BCUT2D eigenvalue weighted by atomic mass is 32.1. The number of thiazole rings is 1. The lowest BCUT2D eigenvalue weighted by molar-refractivity contribution is -0.117. The number of nitrogens with one attached hydrogen (secondary N) is 2. The van der Waals surface area contributed by atoms with Crippen LogP contribution in [0.5, 0.6) is 0 Å². The molecule has 2 aromatic heterocycles. The van der Waals surface area contributed by atoms with Crippen LogP contribution in [0.3, 0.4) is 0 Å². The van der Waals surface area contributed by atoms with Crippen LogP contribution in [0.2, 0.25) is 0 Å². The van der Waals surface area contributed by atoms with Crippen LogP contribution in [0.25, 0.3) is 0 Å². The molecule has 31 heavy (non-hydrogen) atoms. The van der Waals surface area contributed by atoms with Crippen molar-refractivity contribution < 1.29 is 14.0 Å². The van der Waals surface area contributed by atoms with Gasteiger partial charge in [0, 0.05) is 30.1 Å². The van der Waals surface area contributed by atoms with Crippen molar-refractivity contribution in [2.24, 2.45) is 0 Å². The molecule has 0 bridgehead atoms. The molecule has 0 radical (unpaired) electrons. The molecule has 3 aromatic rings. The van der Waals surface area contributed by atoms with Gasteiger partial charge in [-0.15, -0.1) is 11.3 Å². The number of rotatable bonds is 8. The summed E-state index contributed by atoms with van der Waals surface area (Å²) in [5.41, 5.74) is 3.57. The first kappa shape index (κ1) is 21.3. The third-order valence-corrected chi connectivity index (χ3v) is 6.24. The Morgan fingerprint density at radius 1 is 1.19 bits per heavy atom. The van der Waals surface area contributed by atoms with Crippen LogP contribution in [0.4, 0.5) is 10.8 Å². The van der Waals surface area contributed by atoms with E-state index in [2.05, 4.69) is 39.6 Å². The maximum atomic E-state index is 12.5. The predicted octanol–water partition coefficient (Wildman–Crippen LogP) is 4.33. The van der Waals surface area contributed by atoms with Crippen molar-refractivity contribution in [1.29, 1.82) is 0 Å². The van der Waals surface area contributed by atoms with Gasteiger partial charge < -0.3 is 9.73 Å². The summed E-state index contributed by atoms with van der Waals surface area (Å²) in [6.45, 7) is 3.92. The van der Waals surface area contributed by atoms with E-state index in [1.807, 2.05) is 12.1 Å². The van der Waals surface area contributed by atoms with Gasteiger partial charge in [-0.25, -0.2) is 4.98 Å². The molecule has 0 spiro atoms.